The lowest BCUT2D eigenvalue weighted by atomic mass is 10.1. The molecule has 7 heteroatoms. The van der Waals surface area contributed by atoms with E-state index in [4.69, 9.17) is 10.5 Å². The van der Waals surface area contributed by atoms with Crippen LogP contribution in [0.4, 0.5) is 4.39 Å². The molecule has 0 bridgehead atoms. The Morgan fingerprint density at radius 3 is 2.60 bits per heavy atom. The SMILES string of the molecule is COC1CCN(S(=O)(=O)c2cc(F)ccc2CN)CC1. The third kappa shape index (κ3) is 3.01. The second-order valence-electron chi connectivity index (χ2n) is 4.80. The van der Waals surface area contributed by atoms with E-state index in [1.807, 2.05) is 0 Å². The lowest BCUT2D eigenvalue weighted by Gasteiger charge is -2.30. The highest BCUT2D eigenvalue weighted by Gasteiger charge is 2.31. The Morgan fingerprint density at radius 1 is 1.40 bits per heavy atom. The summed E-state index contributed by atoms with van der Waals surface area (Å²) in [6.07, 6.45) is 1.37. The average Bonchev–Trinajstić information content (AvgIpc) is 2.47. The molecule has 0 saturated carbocycles. The molecular formula is C13H19FN2O3S. The van der Waals surface area contributed by atoms with Crippen molar-refractivity contribution in [2.45, 2.75) is 30.4 Å². The Labute approximate surface area is 118 Å². The first kappa shape index (κ1) is 15.4. The van der Waals surface area contributed by atoms with E-state index in [0.717, 1.165) is 6.07 Å². The number of halogens is 1. The first-order valence-electron chi connectivity index (χ1n) is 6.50. The lowest BCUT2D eigenvalue weighted by Crippen LogP contribution is -2.41. The van der Waals surface area contributed by atoms with Crippen molar-refractivity contribution in [3.63, 3.8) is 0 Å². The number of hydrogen-bond acceptors (Lipinski definition) is 4. The molecule has 0 atom stereocenters. The van der Waals surface area contributed by atoms with Crippen LogP contribution in [-0.2, 0) is 21.3 Å². The van der Waals surface area contributed by atoms with Crippen molar-refractivity contribution in [1.29, 1.82) is 0 Å². The van der Waals surface area contributed by atoms with Gasteiger partial charge in [0.25, 0.3) is 0 Å². The first-order chi connectivity index (χ1) is 9.48. The molecule has 1 aromatic rings. The third-order valence-corrected chi connectivity index (χ3v) is 5.58. The van der Waals surface area contributed by atoms with Crippen LogP contribution in [0.2, 0.25) is 0 Å². The number of nitrogens with zero attached hydrogens (tertiary/aromatic N) is 1. The van der Waals surface area contributed by atoms with Gasteiger partial charge in [0, 0.05) is 26.7 Å². The van der Waals surface area contributed by atoms with Gasteiger partial charge in [-0.3, -0.25) is 0 Å². The Morgan fingerprint density at radius 2 is 2.05 bits per heavy atom. The van der Waals surface area contributed by atoms with Crippen LogP contribution in [0.3, 0.4) is 0 Å². The minimum absolute atomic E-state index is 0.0316. The second kappa shape index (κ2) is 6.17. The molecule has 1 saturated heterocycles. The fraction of sp³-hybridized carbons (Fsp3) is 0.538. The van der Waals surface area contributed by atoms with Gasteiger partial charge in [0.05, 0.1) is 11.0 Å². The van der Waals surface area contributed by atoms with Gasteiger partial charge in [-0.25, -0.2) is 12.8 Å². The highest BCUT2D eigenvalue weighted by molar-refractivity contribution is 7.89. The van der Waals surface area contributed by atoms with Crippen molar-refractivity contribution in [3.8, 4) is 0 Å². The Bertz CT molecular complexity index is 569. The molecule has 2 N–H and O–H groups in total. The molecule has 0 radical (unpaired) electrons. The number of hydrogen-bond donors (Lipinski definition) is 1. The van der Waals surface area contributed by atoms with Gasteiger partial charge in [0.2, 0.25) is 10.0 Å². The van der Waals surface area contributed by atoms with Crippen LogP contribution in [0.1, 0.15) is 18.4 Å². The lowest BCUT2D eigenvalue weighted by molar-refractivity contribution is 0.0604. The largest absolute Gasteiger partial charge is 0.381 e. The summed E-state index contributed by atoms with van der Waals surface area (Å²) in [6.45, 7) is 0.812. The molecule has 1 aliphatic rings. The van der Waals surface area contributed by atoms with Gasteiger partial charge in [-0.15, -0.1) is 0 Å². The van der Waals surface area contributed by atoms with Crippen LogP contribution in [0.15, 0.2) is 23.1 Å². The van der Waals surface area contributed by atoms with Crippen LogP contribution in [0.25, 0.3) is 0 Å². The predicted molar refractivity (Wildman–Crippen MR) is 73.1 cm³/mol. The highest BCUT2D eigenvalue weighted by atomic mass is 32.2. The molecule has 1 aromatic carbocycles. The molecule has 0 amide bonds. The maximum atomic E-state index is 13.4. The van der Waals surface area contributed by atoms with E-state index < -0.39 is 15.8 Å². The molecule has 0 aliphatic carbocycles. The van der Waals surface area contributed by atoms with Crippen LogP contribution in [-0.4, -0.2) is 39.0 Å². The zero-order valence-electron chi connectivity index (χ0n) is 11.4. The van der Waals surface area contributed by atoms with E-state index in [0.29, 0.717) is 31.5 Å². The van der Waals surface area contributed by atoms with Crippen LogP contribution in [0.5, 0.6) is 0 Å². The standard InChI is InChI=1S/C13H19FN2O3S/c1-19-12-4-6-16(7-5-12)20(17,18)13-8-11(14)3-2-10(13)9-15/h2-3,8,12H,4-7,9,15H2,1H3. The van der Waals surface area contributed by atoms with Gasteiger partial charge < -0.3 is 10.5 Å². The van der Waals surface area contributed by atoms with E-state index in [1.54, 1.807) is 7.11 Å². The number of piperidine rings is 1. The summed E-state index contributed by atoms with van der Waals surface area (Å²) in [5, 5.41) is 0. The molecule has 112 valence electrons. The number of benzene rings is 1. The van der Waals surface area contributed by atoms with Crippen LogP contribution in [0, 0.1) is 5.82 Å². The Kier molecular flexibility index (Phi) is 4.74. The number of rotatable bonds is 4. The summed E-state index contributed by atoms with van der Waals surface area (Å²) in [5.41, 5.74) is 5.98. The maximum absolute atomic E-state index is 13.4. The van der Waals surface area contributed by atoms with Crippen LogP contribution < -0.4 is 5.73 Å². The van der Waals surface area contributed by atoms with Crippen molar-refractivity contribution in [2.24, 2.45) is 5.73 Å². The Balaban J connectivity index is 2.29. The van der Waals surface area contributed by atoms with Crippen LogP contribution >= 0.6 is 0 Å². The number of ether oxygens (including phenoxy) is 1. The number of nitrogens with two attached hydrogens (primary N) is 1. The number of sulfonamides is 1. The van der Waals surface area contributed by atoms with Gasteiger partial charge in [0.1, 0.15) is 5.82 Å². The fourth-order valence-electron chi connectivity index (χ4n) is 2.38. The van der Waals surface area contributed by atoms with Crippen molar-refractivity contribution in [2.75, 3.05) is 20.2 Å². The van der Waals surface area contributed by atoms with E-state index >= 15 is 0 Å². The fourth-order valence-corrected chi connectivity index (χ4v) is 4.10. The third-order valence-electron chi connectivity index (χ3n) is 3.60. The minimum Gasteiger partial charge on any atom is -0.381 e. The summed E-state index contributed by atoms with van der Waals surface area (Å²) < 4.78 is 45.1. The first-order valence-corrected chi connectivity index (χ1v) is 7.94. The normalized spacial score (nSPS) is 18.4. The summed E-state index contributed by atoms with van der Waals surface area (Å²) >= 11 is 0. The molecule has 20 heavy (non-hydrogen) atoms. The summed E-state index contributed by atoms with van der Waals surface area (Å²) in [4.78, 5) is -0.0316. The van der Waals surface area contributed by atoms with Gasteiger partial charge >= 0.3 is 0 Å². The van der Waals surface area contributed by atoms with Crippen molar-refractivity contribution >= 4 is 10.0 Å². The molecule has 5 nitrogen and oxygen atoms in total. The molecular weight excluding hydrogens is 283 g/mol. The topological polar surface area (TPSA) is 72.6 Å². The molecule has 1 aliphatic heterocycles. The van der Waals surface area contributed by atoms with Crippen molar-refractivity contribution < 1.29 is 17.5 Å². The zero-order valence-corrected chi connectivity index (χ0v) is 12.2. The van der Waals surface area contributed by atoms with Gasteiger partial charge in [-0.1, -0.05) is 6.07 Å². The predicted octanol–water partition coefficient (Wildman–Crippen LogP) is 1.08. The van der Waals surface area contributed by atoms with E-state index in [2.05, 4.69) is 0 Å². The van der Waals surface area contributed by atoms with Crippen molar-refractivity contribution in [3.05, 3.63) is 29.6 Å². The molecule has 0 spiro atoms. The van der Waals surface area contributed by atoms with Gasteiger partial charge in [-0.2, -0.15) is 4.31 Å². The summed E-state index contributed by atoms with van der Waals surface area (Å²) in [6, 6.07) is 3.68. The van der Waals surface area contributed by atoms with E-state index in [9.17, 15) is 12.8 Å². The number of methoxy groups -OCH3 is 1. The highest BCUT2D eigenvalue weighted by Crippen LogP contribution is 2.25. The molecule has 2 rings (SSSR count). The summed E-state index contributed by atoms with van der Waals surface area (Å²) in [7, 11) is -2.08. The second-order valence-corrected chi connectivity index (χ2v) is 6.70. The molecule has 1 fully saturated rings. The van der Waals surface area contributed by atoms with Gasteiger partial charge in [-0.05, 0) is 30.5 Å². The smallest absolute Gasteiger partial charge is 0.243 e. The quantitative estimate of drug-likeness (QED) is 0.903. The molecule has 0 unspecified atom stereocenters. The maximum Gasteiger partial charge on any atom is 0.243 e. The van der Waals surface area contributed by atoms with Gasteiger partial charge in [0.15, 0.2) is 0 Å². The van der Waals surface area contributed by atoms with Crippen molar-refractivity contribution in [1.82, 2.24) is 4.31 Å². The Hall–Kier alpha value is -1.02. The molecule has 0 aromatic heterocycles. The van der Waals surface area contributed by atoms with E-state index in [-0.39, 0.29) is 17.5 Å². The minimum atomic E-state index is -3.70. The molecule has 1 heterocycles. The van der Waals surface area contributed by atoms with E-state index in [1.165, 1.54) is 16.4 Å². The summed E-state index contributed by atoms with van der Waals surface area (Å²) in [5.74, 6) is -0.576. The zero-order chi connectivity index (χ0) is 14.8. The monoisotopic (exact) mass is 302 g/mol. The average molecular weight is 302 g/mol.